The van der Waals surface area contributed by atoms with Gasteiger partial charge in [-0.25, -0.2) is 4.39 Å². The van der Waals surface area contributed by atoms with E-state index in [4.69, 9.17) is 16.3 Å². The molecule has 3 atom stereocenters. The average molecular weight is 338 g/mol. The van der Waals surface area contributed by atoms with Crippen molar-refractivity contribution in [1.29, 1.82) is 0 Å². The first-order chi connectivity index (χ1) is 8.54. The molecule has 18 heavy (non-hydrogen) atoms. The Bertz CT molecular complexity index is 441. The van der Waals surface area contributed by atoms with E-state index in [1.807, 2.05) is 6.92 Å². The van der Waals surface area contributed by atoms with Gasteiger partial charge in [-0.15, -0.1) is 0 Å². The smallest absolute Gasteiger partial charge is 0.130 e. The Balaban J connectivity index is 2.28. The fourth-order valence-corrected chi connectivity index (χ4v) is 2.93. The quantitative estimate of drug-likeness (QED) is 0.842. The van der Waals surface area contributed by atoms with E-state index in [0.29, 0.717) is 16.1 Å². The highest BCUT2D eigenvalue weighted by Crippen LogP contribution is 2.37. The molecule has 2 nitrogen and oxygen atoms in total. The summed E-state index contributed by atoms with van der Waals surface area (Å²) in [5, 5.41) is 10.7. The largest absolute Gasteiger partial charge is 0.388 e. The molecule has 1 saturated heterocycles. The Kier molecular flexibility index (Phi) is 4.64. The van der Waals surface area contributed by atoms with E-state index in [2.05, 4.69) is 15.9 Å². The maximum absolute atomic E-state index is 13.9. The van der Waals surface area contributed by atoms with E-state index in [0.717, 1.165) is 12.8 Å². The third kappa shape index (κ3) is 2.72. The summed E-state index contributed by atoms with van der Waals surface area (Å²) >= 11 is 9.11. The number of aliphatic hydroxyl groups is 1. The predicted molar refractivity (Wildman–Crippen MR) is 72.2 cm³/mol. The lowest BCUT2D eigenvalue weighted by Gasteiger charge is -2.23. The molecule has 0 amide bonds. The van der Waals surface area contributed by atoms with Gasteiger partial charge in [-0.1, -0.05) is 18.5 Å². The summed E-state index contributed by atoms with van der Waals surface area (Å²) in [5.41, 5.74) is 0.247. The van der Waals surface area contributed by atoms with Gasteiger partial charge in [-0.05, 0) is 40.9 Å². The van der Waals surface area contributed by atoms with Crippen molar-refractivity contribution >= 4 is 27.5 Å². The normalized spacial score (nSPS) is 25.4. The Morgan fingerprint density at radius 3 is 3.00 bits per heavy atom. The van der Waals surface area contributed by atoms with Gasteiger partial charge >= 0.3 is 0 Å². The number of ether oxygens (including phenoxy) is 1. The second kappa shape index (κ2) is 5.87. The van der Waals surface area contributed by atoms with Gasteiger partial charge in [0.05, 0.1) is 17.2 Å². The highest BCUT2D eigenvalue weighted by molar-refractivity contribution is 9.10. The number of hydrogen-bond acceptors (Lipinski definition) is 2. The van der Waals surface area contributed by atoms with Crippen molar-refractivity contribution in [2.24, 2.45) is 5.92 Å². The molecule has 3 unspecified atom stereocenters. The standard InChI is InChI=1S/C13H15BrClFO2/c1-2-12-7(3-4-18-12)13(17)8-5-10(15)9(14)6-11(8)16/h5-7,12-13,17H,2-4H2,1H3. The lowest BCUT2D eigenvalue weighted by molar-refractivity contribution is 0.0293. The third-order valence-electron chi connectivity index (χ3n) is 3.43. The molecule has 1 fully saturated rings. The number of rotatable bonds is 3. The summed E-state index contributed by atoms with van der Waals surface area (Å²) in [5.74, 6) is -0.512. The molecule has 1 heterocycles. The zero-order chi connectivity index (χ0) is 13.3. The van der Waals surface area contributed by atoms with Gasteiger partial charge in [0.2, 0.25) is 0 Å². The second-order valence-electron chi connectivity index (χ2n) is 4.50. The van der Waals surface area contributed by atoms with Crippen LogP contribution >= 0.6 is 27.5 Å². The van der Waals surface area contributed by atoms with Crippen LogP contribution in [-0.4, -0.2) is 17.8 Å². The van der Waals surface area contributed by atoms with Crippen molar-refractivity contribution in [3.8, 4) is 0 Å². The first kappa shape index (κ1) is 14.3. The first-order valence-corrected chi connectivity index (χ1v) is 7.15. The van der Waals surface area contributed by atoms with Crippen LogP contribution in [-0.2, 0) is 4.74 Å². The van der Waals surface area contributed by atoms with Crippen LogP contribution in [0.3, 0.4) is 0 Å². The Hall–Kier alpha value is -0.160. The van der Waals surface area contributed by atoms with Crippen LogP contribution < -0.4 is 0 Å². The van der Waals surface area contributed by atoms with E-state index < -0.39 is 11.9 Å². The molecule has 1 aliphatic heterocycles. The van der Waals surface area contributed by atoms with Crippen molar-refractivity contribution < 1.29 is 14.2 Å². The van der Waals surface area contributed by atoms with E-state index >= 15 is 0 Å². The SMILES string of the molecule is CCC1OCCC1C(O)c1cc(Cl)c(Br)cc1F. The molecule has 0 aliphatic carbocycles. The lowest BCUT2D eigenvalue weighted by Crippen LogP contribution is -2.22. The van der Waals surface area contributed by atoms with Crippen LogP contribution in [0.15, 0.2) is 16.6 Å². The van der Waals surface area contributed by atoms with Crippen molar-refractivity contribution in [2.75, 3.05) is 6.61 Å². The first-order valence-electron chi connectivity index (χ1n) is 5.98. The van der Waals surface area contributed by atoms with Crippen LogP contribution in [0.2, 0.25) is 5.02 Å². The molecule has 0 spiro atoms. The minimum Gasteiger partial charge on any atom is -0.388 e. The molecule has 2 rings (SSSR count). The van der Waals surface area contributed by atoms with Crippen molar-refractivity contribution in [1.82, 2.24) is 0 Å². The molecule has 0 saturated carbocycles. The van der Waals surface area contributed by atoms with Crippen LogP contribution in [0.5, 0.6) is 0 Å². The van der Waals surface area contributed by atoms with Gasteiger partial charge in [-0.3, -0.25) is 0 Å². The summed E-state index contributed by atoms with van der Waals surface area (Å²) in [6.45, 7) is 2.62. The molecule has 5 heteroatoms. The van der Waals surface area contributed by atoms with Crippen LogP contribution in [0, 0.1) is 11.7 Å². The summed E-state index contributed by atoms with van der Waals surface area (Å²) in [7, 11) is 0. The summed E-state index contributed by atoms with van der Waals surface area (Å²) in [4.78, 5) is 0. The molecule has 1 aliphatic rings. The number of aliphatic hydroxyl groups excluding tert-OH is 1. The topological polar surface area (TPSA) is 29.5 Å². The number of hydrogen-bond donors (Lipinski definition) is 1. The Morgan fingerprint density at radius 2 is 2.33 bits per heavy atom. The maximum Gasteiger partial charge on any atom is 0.130 e. The van der Waals surface area contributed by atoms with Gasteiger partial charge in [-0.2, -0.15) is 0 Å². The molecule has 1 aromatic rings. The minimum atomic E-state index is -0.872. The molecule has 0 aromatic heterocycles. The van der Waals surface area contributed by atoms with E-state index in [1.54, 1.807) is 0 Å². The van der Waals surface area contributed by atoms with Gasteiger partial charge in [0, 0.05) is 22.6 Å². The van der Waals surface area contributed by atoms with Crippen LogP contribution in [0.1, 0.15) is 31.4 Å². The fourth-order valence-electron chi connectivity index (χ4n) is 2.44. The summed E-state index contributed by atoms with van der Waals surface area (Å²) < 4.78 is 19.9. The average Bonchev–Trinajstić information content (AvgIpc) is 2.81. The van der Waals surface area contributed by atoms with Crippen LogP contribution in [0.4, 0.5) is 4.39 Å². The zero-order valence-electron chi connectivity index (χ0n) is 10.00. The molecule has 1 aromatic carbocycles. The van der Waals surface area contributed by atoms with Crippen molar-refractivity contribution in [2.45, 2.75) is 32.0 Å². The van der Waals surface area contributed by atoms with E-state index in [1.165, 1.54) is 12.1 Å². The summed E-state index contributed by atoms with van der Waals surface area (Å²) in [6.07, 6.45) is 0.672. The Morgan fingerprint density at radius 1 is 1.61 bits per heavy atom. The van der Waals surface area contributed by atoms with Crippen molar-refractivity contribution in [3.63, 3.8) is 0 Å². The Labute approximate surface area is 119 Å². The fraction of sp³-hybridized carbons (Fsp3) is 0.538. The highest BCUT2D eigenvalue weighted by atomic mass is 79.9. The van der Waals surface area contributed by atoms with Crippen LogP contribution in [0.25, 0.3) is 0 Å². The minimum absolute atomic E-state index is 0.0122. The molecule has 100 valence electrons. The van der Waals surface area contributed by atoms with Gasteiger partial charge in [0.25, 0.3) is 0 Å². The lowest BCUT2D eigenvalue weighted by atomic mass is 9.89. The molecule has 0 radical (unpaired) electrons. The molecule has 0 bridgehead atoms. The molecule has 1 N–H and O–H groups in total. The van der Waals surface area contributed by atoms with Gasteiger partial charge < -0.3 is 9.84 Å². The monoisotopic (exact) mass is 336 g/mol. The summed E-state index contributed by atoms with van der Waals surface area (Å²) in [6, 6.07) is 2.77. The zero-order valence-corrected chi connectivity index (χ0v) is 12.3. The van der Waals surface area contributed by atoms with Crippen molar-refractivity contribution in [3.05, 3.63) is 33.0 Å². The second-order valence-corrected chi connectivity index (χ2v) is 5.76. The maximum atomic E-state index is 13.9. The van der Waals surface area contributed by atoms with Gasteiger partial charge in [0.15, 0.2) is 0 Å². The number of halogens is 3. The van der Waals surface area contributed by atoms with Gasteiger partial charge in [0.1, 0.15) is 5.82 Å². The van der Waals surface area contributed by atoms with E-state index in [9.17, 15) is 9.50 Å². The van der Waals surface area contributed by atoms with E-state index in [-0.39, 0.29) is 17.6 Å². The predicted octanol–water partition coefficient (Wildman–Crippen LogP) is 4.09. The number of benzene rings is 1. The third-order valence-corrected chi connectivity index (χ3v) is 4.62. The highest BCUT2D eigenvalue weighted by Gasteiger charge is 2.34. The molecular formula is C13H15BrClFO2. The molecular weight excluding hydrogens is 322 g/mol.